The molecule has 3 rings (SSSR count). The largest absolute Gasteiger partial charge is 0.493 e. The number of pyridine rings is 1. The lowest BCUT2D eigenvalue weighted by molar-refractivity contribution is -0.115. The van der Waals surface area contributed by atoms with Crippen molar-refractivity contribution in [2.24, 2.45) is 0 Å². The Hall–Kier alpha value is -3.83. The Morgan fingerprint density at radius 1 is 1.03 bits per heavy atom. The number of nitrogens with zero attached hydrogens (tertiary/aromatic N) is 3. The van der Waals surface area contributed by atoms with Gasteiger partial charge in [0.1, 0.15) is 28.5 Å². The fraction of sp³-hybridized carbons (Fsp3) is 0.200. The molecule has 1 heterocycles. The van der Waals surface area contributed by atoms with Crippen molar-refractivity contribution in [1.82, 2.24) is 4.98 Å². The summed E-state index contributed by atoms with van der Waals surface area (Å²) in [6, 6.07) is 12.2. The third-order valence-electron chi connectivity index (χ3n) is 5.14. The van der Waals surface area contributed by atoms with Crippen molar-refractivity contribution in [3.8, 4) is 40.5 Å². The molecule has 0 unspecified atom stereocenters. The molecule has 0 radical (unpaired) electrons. The summed E-state index contributed by atoms with van der Waals surface area (Å²) >= 11 is 13.1. The first-order valence-corrected chi connectivity index (χ1v) is 12.3. The Labute approximate surface area is 228 Å². The van der Waals surface area contributed by atoms with Crippen LogP contribution in [0.15, 0.2) is 35.4 Å². The van der Waals surface area contributed by atoms with Crippen LogP contribution in [-0.4, -0.2) is 38.0 Å². The number of nitrogen functional groups attached to an aromatic ring is 1. The zero-order valence-electron chi connectivity index (χ0n) is 20.0. The average Bonchev–Trinajstić information content (AvgIpc) is 2.89. The molecule has 0 aliphatic rings. The number of methoxy groups -OCH3 is 3. The van der Waals surface area contributed by atoms with E-state index in [1.54, 1.807) is 30.3 Å². The summed E-state index contributed by atoms with van der Waals surface area (Å²) in [5.41, 5.74) is 7.51. The number of aromatic nitrogens is 1. The van der Waals surface area contributed by atoms with Gasteiger partial charge in [-0.1, -0.05) is 23.2 Å². The lowest BCUT2D eigenvalue weighted by Gasteiger charge is -2.17. The number of benzene rings is 2. The topological polar surface area (TPSA) is 143 Å². The van der Waals surface area contributed by atoms with Crippen LogP contribution < -0.4 is 25.3 Å². The third-order valence-corrected chi connectivity index (χ3v) is 6.86. The molecule has 190 valence electrons. The van der Waals surface area contributed by atoms with Gasteiger partial charge >= 0.3 is 0 Å². The zero-order chi connectivity index (χ0) is 27.1. The molecule has 0 aliphatic heterocycles. The van der Waals surface area contributed by atoms with Gasteiger partial charge in [-0.05, 0) is 35.9 Å². The van der Waals surface area contributed by atoms with Gasteiger partial charge in [-0.3, -0.25) is 4.79 Å². The fourth-order valence-electron chi connectivity index (χ4n) is 3.45. The summed E-state index contributed by atoms with van der Waals surface area (Å²) in [7, 11) is 4.39. The predicted molar refractivity (Wildman–Crippen MR) is 144 cm³/mol. The number of rotatable bonds is 9. The molecule has 0 saturated heterocycles. The van der Waals surface area contributed by atoms with E-state index in [0.29, 0.717) is 38.5 Å². The van der Waals surface area contributed by atoms with Gasteiger partial charge < -0.3 is 25.3 Å². The minimum absolute atomic E-state index is 0.0348. The lowest BCUT2D eigenvalue weighted by atomic mass is 9.96. The van der Waals surface area contributed by atoms with E-state index in [1.807, 2.05) is 6.07 Å². The highest BCUT2D eigenvalue weighted by atomic mass is 35.5. The van der Waals surface area contributed by atoms with Gasteiger partial charge in [-0.2, -0.15) is 10.5 Å². The molecule has 3 aromatic rings. The number of carbonyl (C=O) groups excluding carboxylic acids is 1. The van der Waals surface area contributed by atoms with Crippen molar-refractivity contribution in [2.75, 3.05) is 38.1 Å². The molecular weight excluding hydrogens is 537 g/mol. The highest BCUT2D eigenvalue weighted by molar-refractivity contribution is 7.99. The minimum atomic E-state index is -0.268. The maximum atomic E-state index is 12.4. The minimum Gasteiger partial charge on any atom is -0.493 e. The number of carbonyl (C=O) groups is 1. The Kier molecular flexibility index (Phi) is 9.31. The summed E-state index contributed by atoms with van der Waals surface area (Å²) < 4.78 is 16.2. The van der Waals surface area contributed by atoms with Crippen molar-refractivity contribution >= 4 is 52.4 Å². The number of halogens is 2. The number of anilines is 2. The Morgan fingerprint density at radius 2 is 1.68 bits per heavy atom. The van der Waals surface area contributed by atoms with E-state index in [1.165, 1.54) is 33.1 Å². The van der Waals surface area contributed by atoms with E-state index in [4.69, 9.17) is 43.1 Å². The molecule has 0 aliphatic carbocycles. The number of hydrogen-bond donors (Lipinski definition) is 2. The van der Waals surface area contributed by atoms with Crippen LogP contribution in [0.2, 0.25) is 10.0 Å². The van der Waals surface area contributed by atoms with Crippen LogP contribution in [0.5, 0.6) is 17.2 Å². The molecule has 0 bridgehead atoms. The Bertz CT molecular complexity index is 1410. The van der Waals surface area contributed by atoms with E-state index in [0.717, 1.165) is 0 Å². The number of nitriles is 2. The van der Waals surface area contributed by atoms with Crippen molar-refractivity contribution < 1.29 is 19.0 Å². The van der Waals surface area contributed by atoms with Crippen LogP contribution >= 0.6 is 35.0 Å². The number of ether oxygens (including phenoxy) is 3. The predicted octanol–water partition coefficient (Wildman–Crippen LogP) is 5.53. The second kappa shape index (κ2) is 12.4. The van der Waals surface area contributed by atoms with Crippen LogP contribution in [0.4, 0.5) is 11.5 Å². The molecule has 9 nitrogen and oxygen atoms in total. The number of thioether (sulfide) groups is 1. The molecule has 1 amide bonds. The first-order valence-electron chi connectivity index (χ1n) is 10.6. The van der Waals surface area contributed by atoms with Gasteiger partial charge in [0.2, 0.25) is 11.7 Å². The van der Waals surface area contributed by atoms with Gasteiger partial charge in [0.05, 0.1) is 36.9 Å². The van der Waals surface area contributed by atoms with Crippen molar-refractivity contribution in [3.63, 3.8) is 0 Å². The summed E-state index contributed by atoms with van der Waals surface area (Å²) in [5.74, 6) is 1.01. The Morgan fingerprint density at radius 3 is 2.22 bits per heavy atom. The van der Waals surface area contributed by atoms with E-state index in [9.17, 15) is 15.3 Å². The molecule has 2 aromatic carbocycles. The highest BCUT2D eigenvalue weighted by Crippen LogP contribution is 2.44. The highest BCUT2D eigenvalue weighted by Gasteiger charge is 2.23. The SMILES string of the molecule is COc1cc(-c2c(C#N)c(N)nc(SCCC(=O)Nc3ccc(Cl)c(Cl)c3)c2C#N)cc(OC)c1OC. The summed E-state index contributed by atoms with van der Waals surface area (Å²) in [6.07, 6.45) is 0.108. The number of hydrogen-bond acceptors (Lipinski definition) is 9. The fourth-order valence-corrected chi connectivity index (χ4v) is 4.69. The normalized spacial score (nSPS) is 10.2. The van der Waals surface area contributed by atoms with Crippen LogP contribution in [0.3, 0.4) is 0 Å². The maximum absolute atomic E-state index is 12.4. The second-order valence-corrected chi connectivity index (χ2v) is 9.24. The molecule has 0 atom stereocenters. The zero-order valence-corrected chi connectivity index (χ0v) is 22.3. The molecule has 1 aromatic heterocycles. The van der Waals surface area contributed by atoms with Gasteiger partial charge in [0.25, 0.3) is 0 Å². The van der Waals surface area contributed by atoms with Gasteiger partial charge in [0, 0.05) is 23.4 Å². The second-order valence-electron chi connectivity index (χ2n) is 7.34. The van der Waals surface area contributed by atoms with Gasteiger partial charge in [0.15, 0.2) is 11.5 Å². The summed E-state index contributed by atoms with van der Waals surface area (Å²) in [4.78, 5) is 16.7. The average molecular weight is 558 g/mol. The molecule has 0 saturated carbocycles. The van der Waals surface area contributed by atoms with E-state index in [2.05, 4.69) is 16.4 Å². The Balaban J connectivity index is 1.93. The lowest BCUT2D eigenvalue weighted by Crippen LogP contribution is -2.12. The van der Waals surface area contributed by atoms with Crippen LogP contribution in [-0.2, 0) is 4.79 Å². The van der Waals surface area contributed by atoms with Crippen molar-refractivity contribution in [3.05, 3.63) is 51.5 Å². The van der Waals surface area contributed by atoms with Crippen LogP contribution in [0.25, 0.3) is 11.1 Å². The van der Waals surface area contributed by atoms with Crippen LogP contribution in [0, 0.1) is 22.7 Å². The molecule has 37 heavy (non-hydrogen) atoms. The number of nitrogens with one attached hydrogen (secondary N) is 1. The van der Waals surface area contributed by atoms with Gasteiger partial charge in [-0.25, -0.2) is 4.98 Å². The third kappa shape index (κ3) is 6.12. The monoisotopic (exact) mass is 557 g/mol. The first kappa shape index (κ1) is 27.8. The van der Waals surface area contributed by atoms with E-state index < -0.39 is 0 Å². The summed E-state index contributed by atoms with van der Waals surface area (Å²) in [6.45, 7) is 0. The maximum Gasteiger partial charge on any atom is 0.225 e. The van der Waals surface area contributed by atoms with E-state index in [-0.39, 0.29) is 45.6 Å². The standard InChI is InChI=1S/C25H21Cl2N5O4S/c1-34-19-8-13(9-20(35-2)23(19)36-3)22-15(11-28)24(30)32-25(16(22)12-29)37-7-6-21(33)31-14-4-5-17(26)18(27)10-14/h4-5,8-10H,6-7H2,1-3H3,(H2,30,32)(H,31,33). The molecular formula is C25H21Cl2N5O4S. The molecule has 0 fully saturated rings. The van der Waals surface area contributed by atoms with Crippen LogP contribution in [0.1, 0.15) is 17.5 Å². The van der Waals surface area contributed by atoms with Crippen molar-refractivity contribution in [1.29, 1.82) is 10.5 Å². The molecule has 0 spiro atoms. The summed E-state index contributed by atoms with van der Waals surface area (Å²) in [5, 5.41) is 23.6. The van der Waals surface area contributed by atoms with E-state index >= 15 is 0 Å². The first-order chi connectivity index (χ1) is 17.8. The number of nitrogens with two attached hydrogens (primary N) is 1. The smallest absolute Gasteiger partial charge is 0.225 e. The molecule has 12 heteroatoms. The van der Waals surface area contributed by atoms with Crippen molar-refractivity contribution in [2.45, 2.75) is 11.4 Å². The quantitative estimate of drug-likeness (QED) is 0.324. The number of amides is 1. The molecule has 3 N–H and O–H groups in total. The van der Waals surface area contributed by atoms with Gasteiger partial charge in [-0.15, -0.1) is 11.8 Å².